The molecule has 4 saturated carbocycles. The molecule has 2 nitrogen and oxygen atoms in total. The smallest absolute Gasteiger partial charge is 0.310 e. The van der Waals surface area contributed by atoms with Gasteiger partial charge in [0.05, 0.1) is 5.41 Å². The van der Waals surface area contributed by atoms with Gasteiger partial charge in [-0.05, 0) is 115 Å². The lowest BCUT2D eigenvalue weighted by Crippen LogP contribution is -2.64. The highest BCUT2D eigenvalue weighted by atomic mass is 16.4. The van der Waals surface area contributed by atoms with E-state index >= 15 is 0 Å². The van der Waals surface area contributed by atoms with Crippen LogP contribution in [0.3, 0.4) is 0 Å². The fraction of sp³-hybridized carbons (Fsp3) is 0.903. The van der Waals surface area contributed by atoms with Gasteiger partial charge >= 0.3 is 5.97 Å². The van der Waals surface area contributed by atoms with Gasteiger partial charge in [-0.15, -0.1) is 0 Å². The predicted molar refractivity (Wildman–Crippen MR) is 136 cm³/mol. The zero-order chi connectivity index (χ0) is 24.2. The van der Waals surface area contributed by atoms with Crippen LogP contribution in [-0.4, -0.2) is 11.1 Å². The average Bonchev–Trinajstić information content (AvgIpc) is 2.74. The van der Waals surface area contributed by atoms with E-state index < -0.39 is 11.4 Å². The van der Waals surface area contributed by atoms with Gasteiger partial charge in [-0.1, -0.05) is 67.0 Å². The van der Waals surface area contributed by atoms with Crippen LogP contribution in [0.2, 0.25) is 0 Å². The zero-order valence-corrected chi connectivity index (χ0v) is 22.8. The second-order valence-corrected chi connectivity index (χ2v) is 14.9. The molecule has 5 aliphatic carbocycles. The molecule has 0 radical (unpaired) electrons. The van der Waals surface area contributed by atoms with Gasteiger partial charge in [-0.25, -0.2) is 0 Å². The Morgan fingerprint density at radius 3 is 2.24 bits per heavy atom. The highest BCUT2D eigenvalue weighted by Crippen LogP contribution is 2.76. The molecule has 0 aliphatic heterocycles. The van der Waals surface area contributed by atoms with Crippen molar-refractivity contribution in [3.8, 4) is 0 Å². The van der Waals surface area contributed by atoms with Crippen LogP contribution in [0.4, 0.5) is 0 Å². The summed E-state index contributed by atoms with van der Waals surface area (Å²) in [6, 6.07) is 0. The number of carbonyl (C=O) groups is 1. The third kappa shape index (κ3) is 2.76. The van der Waals surface area contributed by atoms with Gasteiger partial charge in [0.1, 0.15) is 0 Å². The summed E-state index contributed by atoms with van der Waals surface area (Å²) in [5, 5.41) is 10.5. The van der Waals surface area contributed by atoms with Gasteiger partial charge in [-0.3, -0.25) is 4.79 Å². The van der Waals surface area contributed by atoms with Crippen molar-refractivity contribution < 1.29 is 9.90 Å². The predicted octanol–water partition coefficient (Wildman–Crippen LogP) is 8.36. The molecule has 1 N–H and O–H groups in total. The minimum absolute atomic E-state index is 0.145. The average molecular weight is 455 g/mol. The molecule has 10 unspecified atom stereocenters. The number of fused-ring (bicyclic) bond motifs is 7. The molecule has 5 rings (SSSR count). The molecule has 0 aromatic carbocycles. The van der Waals surface area contributed by atoms with Crippen molar-refractivity contribution in [1.29, 1.82) is 0 Å². The Labute approximate surface area is 203 Å². The first-order valence-corrected chi connectivity index (χ1v) is 14.2. The van der Waals surface area contributed by atoms with E-state index in [1.165, 1.54) is 32.1 Å². The van der Waals surface area contributed by atoms with Gasteiger partial charge in [0.15, 0.2) is 0 Å². The molecule has 0 heterocycles. The van der Waals surface area contributed by atoms with E-state index in [9.17, 15) is 9.90 Å². The highest BCUT2D eigenvalue weighted by molar-refractivity contribution is 5.76. The number of carboxylic acid groups (broad SMARTS) is 1. The number of allylic oxidation sites excluding steroid dienone is 2. The standard InChI is InChI=1S/C31H50O2/c1-19-11-16-31(26(32)33)18-17-29(7)22(25(31)21(19)3)9-10-24-28(6)14-12-20(2)27(4,5)23(28)13-15-30(24,29)8/h9,19-21,23-25H,10-18H2,1-8H3,(H,32,33). The van der Waals surface area contributed by atoms with Gasteiger partial charge in [-0.2, -0.15) is 0 Å². The van der Waals surface area contributed by atoms with E-state index in [4.69, 9.17) is 0 Å². The van der Waals surface area contributed by atoms with Crippen molar-refractivity contribution >= 4 is 5.97 Å². The van der Waals surface area contributed by atoms with Crippen molar-refractivity contribution in [2.75, 3.05) is 0 Å². The van der Waals surface area contributed by atoms with E-state index in [0.717, 1.165) is 43.4 Å². The molecule has 0 aromatic rings. The molecule has 5 aliphatic rings. The number of aliphatic carboxylic acids is 1. The Bertz CT molecular complexity index is 870. The van der Waals surface area contributed by atoms with E-state index in [1.54, 1.807) is 5.57 Å². The Balaban J connectivity index is 1.61. The number of hydrogen-bond acceptors (Lipinski definition) is 1. The molecule has 0 spiro atoms. The molecular formula is C31H50O2. The molecule has 186 valence electrons. The molecule has 10 atom stereocenters. The Hall–Kier alpha value is -0.790. The van der Waals surface area contributed by atoms with Crippen LogP contribution in [-0.2, 0) is 4.79 Å². The first kappa shape index (κ1) is 23.9. The van der Waals surface area contributed by atoms with Crippen molar-refractivity contribution in [3.63, 3.8) is 0 Å². The summed E-state index contributed by atoms with van der Waals surface area (Å²) in [6.07, 6.45) is 13.1. The molecule has 0 aromatic heterocycles. The largest absolute Gasteiger partial charge is 0.481 e. The third-order valence-corrected chi connectivity index (χ3v) is 14.0. The minimum atomic E-state index is -0.524. The van der Waals surface area contributed by atoms with Gasteiger partial charge in [0, 0.05) is 0 Å². The molecule has 2 heteroatoms. The Morgan fingerprint density at radius 2 is 1.58 bits per heavy atom. The zero-order valence-electron chi connectivity index (χ0n) is 22.8. The summed E-state index contributed by atoms with van der Waals surface area (Å²) in [7, 11) is 0. The van der Waals surface area contributed by atoms with E-state index in [0.29, 0.717) is 22.7 Å². The van der Waals surface area contributed by atoms with E-state index in [2.05, 4.69) is 61.5 Å². The second-order valence-electron chi connectivity index (χ2n) is 14.9. The summed E-state index contributed by atoms with van der Waals surface area (Å²) >= 11 is 0. The van der Waals surface area contributed by atoms with Crippen LogP contribution in [0.25, 0.3) is 0 Å². The number of carboxylic acids is 1. The van der Waals surface area contributed by atoms with Crippen LogP contribution in [0.5, 0.6) is 0 Å². The molecule has 0 saturated heterocycles. The van der Waals surface area contributed by atoms with Crippen LogP contribution < -0.4 is 0 Å². The van der Waals surface area contributed by atoms with Crippen molar-refractivity contribution in [2.45, 2.75) is 113 Å². The van der Waals surface area contributed by atoms with Gasteiger partial charge < -0.3 is 5.11 Å². The molecular weight excluding hydrogens is 404 g/mol. The van der Waals surface area contributed by atoms with Crippen LogP contribution >= 0.6 is 0 Å². The molecule has 4 fully saturated rings. The summed E-state index contributed by atoms with van der Waals surface area (Å²) in [4.78, 5) is 12.8. The molecule has 0 amide bonds. The second kappa shape index (κ2) is 7.13. The lowest BCUT2D eigenvalue weighted by Gasteiger charge is -2.71. The SMILES string of the molecule is CC1CCC2(C(=O)O)CCC3(C)C(=CCC4C5(C)CCC(C)C(C)(C)C5CCC43C)C2C1C. The maximum absolute atomic E-state index is 12.8. The topological polar surface area (TPSA) is 37.3 Å². The Morgan fingerprint density at radius 1 is 0.879 bits per heavy atom. The quantitative estimate of drug-likeness (QED) is 0.404. The first-order chi connectivity index (χ1) is 15.3. The Kier molecular flexibility index (Phi) is 5.17. The number of rotatable bonds is 1. The first-order valence-electron chi connectivity index (χ1n) is 14.2. The van der Waals surface area contributed by atoms with Crippen molar-refractivity contribution in [2.24, 2.45) is 62.6 Å². The molecule has 33 heavy (non-hydrogen) atoms. The lowest BCUT2D eigenvalue weighted by molar-refractivity contribution is -0.196. The highest BCUT2D eigenvalue weighted by Gasteiger charge is 2.69. The van der Waals surface area contributed by atoms with Gasteiger partial charge in [0.2, 0.25) is 0 Å². The number of hydrogen-bond donors (Lipinski definition) is 1. The third-order valence-electron chi connectivity index (χ3n) is 14.0. The van der Waals surface area contributed by atoms with Crippen molar-refractivity contribution in [1.82, 2.24) is 0 Å². The summed E-state index contributed by atoms with van der Waals surface area (Å²) in [5.74, 6) is 3.12. The maximum Gasteiger partial charge on any atom is 0.310 e. The summed E-state index contributed by atoms with van der Waals surface area (Å²) in [6.45, 7) is 20.2. The lowest BCUT2D eigenvalue weighted by atomic mass is 9.33. The normalized spacial score (nSPS) is 55.3. The van der Waals surface area contributed by atoms with E-state index in [-0.39, 0.29) is 16.7 Å². The van der Waals surface area contributed by atoms with Crippen LogP contribution in [0, 0.1) is 62.6 Å². The van der Waals surface area contributed by atoms with Crippen LogP contribution in [0.1, 0.15) is 113 Å². The van der Waals surface area contributed by atoms with Crippen molar-refractivity contribution in [3.05, 3.63) is 11.6 Å². The fourth-order valence-electron chi connectivity index (χ4n) is 11.0. The molecule has 0 bridgehead atoms. The maximum atomic E-state index is 12.8. The minimum Gasteiger partial charge on any atom is -0.481 e. The summed E-state index contributed by atoms with van der Waals surface area (Å²) in [5.41, 5.74) is 2.29. The summed E-state index contributed by atoms with van der Waals surface area (Å²) < 4.78 is 0. The monoisotopic (exact) mass is 454 g/mol. The van der Waals surface area contributed by atoms with Crippen LogP contribution in [0.15, 0.2) is 11.6 Å². The van der Waals surface area contributed by atoms with E-state index in [1.807, 2.05) is 0 Å². The fourth-order valence-corrected chi connectivity index (χ4v) is 11.0. The van der Waals surface area contributed by atoms with Gasteiger partial charge in [0.25, 0.3) is 0 Å².